The van der Waals surface area contributed by atoms with Crippen molar-refractivity contribution >= 4 is 21.4 Å². The molecule has 0 unspecified atom stereocenters. The van der Waals surface area contributed by atoms with Crippen molar-refractivity contribution in [2.45, 2.75) is 20.0 Å². The van der Waals surface area contributed by atoms with Crippen LogP contribution in [0.4, 0.5) is 0 Å². The summed E-state index contributed by atoms with van der Waals surface area (Å²) in [4.78, 5) is 3.71. The van der Waals surface area contributed by atoms with Gasteiger partial charge in [-0.3, -0.25) is 0 Å². The van der Waals surface area contributed by atoms with Gasteiger partial charge < -0.3 is 10.2 Å². The fourth-order valence-corrected chi connectivity index (χ4v) is 3.21. The summed E-state index contributed by atoms with van der Waals surface area (Å²) in [5.41, 5.74) is 1.48. The number of hydrogen-bond donors (Lipinski definition) is 1. The van der Waals surface area contributed by atoms with Crippen LogP contribution in [-0.2, 0) is 13.1 Å². The number of fused-ring (bicyclic) bond motifs is 1. The molecule has 92 valence electrons. The van der Waals surface area contributed by atoms with E-state index in [1.807, 2.05) is 11.3 Å². The van der Waals surface area contributed by atoms with Crippen molar-refractivity contribution in [2.75, 3.05) is 20.6 Å². The number of thiophene rings is 1. The Bertz CT molecular complexity index is 488. The van der Waals surface area contributed by atoms with Crippen molar-refractivity contribution in [1.82, 2.24) is 10.2 Å². The first kappa shape index (κ1) is 12.6. The summed E-state index contributed by atoms with van der Waals surface area (Å²) < 4.78 is 1.40. The second-order valence-electron chi connectivity index (χ2n) is 4.52. The van der Waals surface area contributed by atoms with Crippen molar-refractivity contribution in [3.05, 3.63) is 34.7 Å². The molecule has 1 aromatic carbocycles. The van der Waals surface area contributed by atoms with Crippen LogP contribution in [0.15, 0.2) is 24.3 Å². The molecule has 2 rings (SSSR count). The molecule has 2 nitrogen and oxygen atoms in total. The Morgan fingerprint density at radius 1 is 1.24 bits per heavy atom. The van der Waals surface area contributed by atoms with Crippen LogP contribution in [0.2, 0.25) is 0 Å². The van der Waals surface area contributed by atoms with Crippen LogP contribution in [0.25, 0.3) is 10.1 Å². The van der Waals surface area contributed by atoms with Gasteiger partial charge in [-0.15, -0.1) is 11.3 Å². The Hall–Kier alpha value is -0.900. The van der Waals surface area contributed by atoms with Gasteiger partial charge in [0, 0.05) is 22.7 Å². The molecule has 0 saturated carbocycles. The predicted molar refractivity (Wildman–Crippen MR) is 76.6 cm³/mol. The van der Waals surface area contributed by atoms with Gasteiger partial charge in [-0.2, -0.15) is 0 Å². The summed E-state index contributed by atoms with van der Waals surface area (Å²) >= 11 is 1.92. The molecule has 0 aliphatic heterocycles. The van der Waals surface area contributed by atoms with E-state index in [1.165, 1.54) is 20.5 Å². The van der Waals surface area contributed by atoms with E-state index in [1.54, 1.807) is 0 Å². The zero-order chi connectivity index (χ0) is 12.3. The molecule has 0 fully saturated rings. The van der Waals surface area contributed by atoms with Crippen molar-refractivity contribution in [3.8, 4) is 0 Å². The molecule has 0 bridgehead atoms. The van der Waals surface area contributed by atoms with Crippen LogP contribution in [0.1, 0.15) is 17.4 Å². The zero-order valence-corrected chi connectivity index (χ0v) is 11.6. The molecule has 1 heterocycles. The van der Waals surface area contributed by atoms with Gasteiger partial charge in [-0.25, -0.2) is 0 Å². The van der Waals surface area contributed by atoms with Crippen LogP contribution in [0.3, 0.4) is 0 Å². The van der Waals surface area contributed by atoms with E-state index >= 15 is 0 Å². The van der Waals surface area contributed by atoms with Gasteiger partial charge in [0.1, 0.15) is 0 Å². The second kappa shape index (κ2) is 5.63. The third-order valence-electron chi connectivity index (χ3n) is 2.79. The van der Waals surface area contributed by atoms with Crippen molar-refractivity contribution in [3.63, 3.8) is 0 Å². The van der Waals surface area contributed by atoms with Gasteiger partial charge in [0.15, 0.2) is 0 Å². The number of nitrogens with zero attached hydrogens (tertiary/aromatic N) is 1. The molecule has 0 aliphatic rings. The highest BCUT2D eigenvalue weighted by Gasteiger charge is 2.11. The lowest BCUT2D eigenvalue weighted by atomic mass is 10.1. The molecular formula is C14H20N2S. The standard InChI is InChI=1S/C14H20N2S/c1-4-15-9-14-12(10-16(2)3)11-7-5-6-8-13(11)17-14/h5-8,15H,4,9-10H2,1-3H3. The largest absolute Gasteiger partial charge is 0.312 e. The first-order valence-electron chi connectivity index (χ1n) is 6.07. The molecule has 0 spiro atoms. The van der Waals surface area contributed by atoms with Crippen LogP contribution < -0.4 is 5.32 Å². The molecule has 2 aromatic rings. The SMILES string of the molecule is CCNCc1sc2ccccc2c1CN(C)C. The van der Waals surface area contributed by atoms with E-state index in [0.29, 0.717) is 0 Å². The molecule has 17 heavy (non-hydrogen) atoms. The molecule has 0 amide bonds. The van der Waals surface area contributed by atoms with Gasteiger partial charge in [0.05, 0.1) is 0 Å². The second-order valence-corrected chi connectivity index (χ2v) is 5.65. The van der Waals surface area contributed by atoms with Gasteiger partial charge in [-0.1, -0.05) is 25.1 Å². The molecule has 3 heteroatoms. The average Bonchev–Trinajstić information content (AvgIpc) is 2.64. The summed E-state index contributed by atoms with van der Waals surface area (Å²) in [6.07, 6.45) is 0. The van der Waals surface area contributed by atoms with Crippen LogP contribution in [0, 0.1) is 0 Å². The van der Waals surface area contributed by atoms with E-state index in [4.69, 9.17) is 0 Å². The van der Waals surface area contributed by atoms with Gasteiger partial charge in [0.2, 0.25) is 0 Å². The Morgan fingerprint density at radius 3 is 2.71 bits per heavy atom. The first-order chi connectivity index (χ1) is 8.22. The van der Waals surface area contributed by atoms with E-state index in [2.05, 4.69) is 55.5 Å². The van der Waals surface area contributed by atoms with Crippen molar-refractivity contribution in [2.24, 2.45) is 0 Å². The van der Waals surface area contributed by atoms with Gasteiger partial charge in [-0.05, 0) is 37.7 Å². The normalized spacial score (nSPS) is 11.5. The summed E-state index contributed by atoms with van der Waals surface area (Å²) in [5.74, 6) is 0. The molecule has 0 saturated heterocycles. The molecule has 1 aromatic heterocycles. The Labute approximate surface area is 107 Å². The van der Waals surface area contributed by atoms with E-state index < -0.39 is 0 Å². The third-order valence-corrected chi connectivity index (χ3v) is 4.00. The van der Waals surface area contributed by atoms with Crippen LogP contribution in [0.5, 0.6) is 0 Å². The maximum absolute atomic E-state index is 3.43. The van der Waals surface area contributed by atoms with Crippen LogP contribution >= 0.6 is 11.3 Å². The smallest absolute Gasteiger partial charge is 0.0349 e. The zero-order valence-electron chi connectivity index (χ0n) is 10.8. The highest BCUT2D eigenvalue weighted by atomic mass is 32.1. The maximum atomic E-state index is 3.43. The highest BCUT2D eigenvalue weighted by Crippen LogP contribution is 2.31. The monoisotopic (exact) mass is 248 g/mol. The summed E-state index contributed by atoms with van der Waals surface area (Å²) in [6, 6.07) is 8.70. The number of nitrogens with one attached hydrogen (secondary N) is 1. The lowest BCUT2D eigenvalue weighted by molar-refractivity contribution is 0.403. The maximum Gasteiger partial charge on any atom is 0.0349 e. The lowest BCUT2D eigenvalue weighted by Crippen LogP contribution is -2.15. The van der Waals surface area contributed by atoms with E-state index in [0.717, 1.165) is 19.6 Å². The summed E-state index contributed by atoms with van der Waals surface area (Å²) in [7, 11) is 4.26. The Morgan fingerprint density at radius 2 is 2.00 bits per heavy atom. The van der Waals surface area contributed by atoms with E-state index in [9.17, 15) is 0 Å². The topological polar surface area (TPSA) is 15.3 Å². The molecule has 0 aliphatic carbocycles. The summed E-state index contributed by atoms with van der Waals surface area (Å²) in [6.45, 7) is 5.18. The minimum Gasteiger partial charge on any atom is -0.312 e. The predicted octanol–water partition coefficient (Wildman–Crippen LogP) is 3.07. The Kier molecular flexibility index (Phi) is 4.15. The fraction of sp³-hybridized carbons (Fsp3) is 0.429. The highest BCUT2D eigenvalue weighted by molar-refractivity contribution is 7.19. The number of benzene rings is 1. The lowest BCUT2D eigenvalue weighted by Gasteiger charge is -2.11. The Balaban J connectivity index is 2.41. The quantitative estimate of drug-likeness (QED) is 0.875. The third kappa shape index (κ3) is 2.86. The average molecular weight is 248 g/mol. The molecular weight excluding hydrogens is 228 g/mol. The van der Waals surface area contributed by atoms with Crippen molar-refractivity contribution < 1.29 is 0 Å². The summed E-state index contributed by atoms with van der Waals surface area (Å²) in [5, 5.41) is 4.85. The number of rotatable bonds is 5. The molecule has 0 radical (unpaired) electrons. The van der Waals surface area contributed by atoms with Crippen LogP contribution in [-0.4, -0.2) is 25.5 Å². The fourth-order valence-electron chi connectivity index (χ4n) is 2.02. The molecule has 0 atom stereocenters. The van der Waals surface area contributed by atoms with E-state index in [-0.39, 0.29) is 0 Å². The minimum absolute atomic E-state index is 0.985. The minimum atomic E-state index is 0.985. The van der Waals surface area contributed by atoms with Crippen molar-refractivity contribution in [1.29, 1.82) is 0 Å². The van der Waals surface area contributed by atoms with Gasteiger partial charge >= 0.3 is 0 Å². The van der Waals surface area contributed by atoms with Gasteiger partial charge in [0.25, 0.3) is 0 Å². The number of hydrogen-bond acceptors (Lipinski definition) is 3. The molecule has 1 N–H and O–H groups in total. The first-order valence-corrected chi connectivity index (χ1v) is 6.88.